The standard InChI is InChI=1S/C13H26O3/c1-4-15-7-8-16-13-9-11(10(2)3)5-6-12(13)14/h10-14H,4-9H2,1-3H3. The summed E-state index contributed by atoms with van der Waals surface area (Å²) in [6, 6.07) is 0. The molecule has 1 N–H and O–H groups in total. The average Bonchev–Trinajstić information content (AvgIpc) is 2.26. The number of hydrogen-bond acceptors (Lipinski definition) is 3. The quantitative estimate of drug-likeness (QED) is 0.711. The summed E-state index contributed by atoms with van der Waals surface area (Å²) in [5.41, 5.74) is 0. The van der Waals surface area contributed by atoms with Gasteiger partial charge in [-0.1, -0.05) is 13.8 Å². The van der Waals surface area contributed by atoms with Crippen LogP contribution in [0.4, 0.5) is 0 Å². The first-order valence-electron chi connectivity index (χ1n) is 6.52. The van der Waals surface area contributed by atoms with Crippen molar-refractivity contribution in [2.45, 2.75) is 52.2 Å². The Hall–Kier alpha value is -0.120. The summed E-state index contributed by atoms with van der Waals surface area (Å²) in [7, 11) is 0. The van der Waals surface area contributed by atoms with Crippen LogP contribution in [0.5, 0.6) is 0 Å². The van der Waals surface area contributed by atoms with Crippen LogP contribution in [0.25, 0.3) is 0 Å². The lowest BCUT2D eigenvalue weighted by Gasteiger charge is -2.35. The molecule has 0 aromatic heterocycles. The van der Waals surface area contributed by atoms with E-state index in [1.54, 1.807) is 0 Å². The first-order valence-corrected chi connectivity index (χ1v) is 6.52. The molecule has 1 aliphatic carbocycles. The molecule has 0 bridgehead atoms. The third-order valence-electron chi connectivity index (χ3n) is 3.50. The van der Waals surface area contributed by atoms with E-state index in [9.17, 15) is 5.11 Å². The highest BCUT2D eigenvalue weighted by Crippen LogP contribution is 2.31. The molecule has 1 saturated carbocycles. The van der Waals surface area contributed by atoms with Crippen LogP contribution >= 0.6 is 0 Å². The highest BCUT2D eigenvalue weighted by molar-refractivity contribution is 4.81. The molecular weight excluding hydrogens is 204 g/mol. The molecular formula is C13H26O3. The molecule has 0 aromatic carbocycles. The zero-order valence-corrected chi connectivity index (χ0v) is 10.8. The van der Waals surface area contributed by atoms with E-state index in [1.807, 2.05) is 6.92 Å². The van der Waals surface area contributed by atoms with E-state index in [4.69, 9.17) is 9.47 Å². The van der Waals surface area contributed by atoms with Gasteiger partial charge in [0.15, 0.2) is 0 Å². The summed E-state index contributed by atoms with van der Waals surface area (Å²) in [4.78, 5) is 0. The lowest BCUT2D eigenvalue weighted by molar-refractivity contribution is -0.0877. The number of aliphatic hydroxyl groups excluding tert-OH is 1. The monoisotopic (exact) mass is 230 g/mol. The van der Waals surface area contributed by atoms with Crippen molar-refractivity contribution in [2.75, 3.05) is 19.8 Å². The largest absolute Gasteiger partial charge is 0.390 e. The van der Waals surface area contributed by atoms with Crippen LogP contribution in [0, 0.1) is 11.8 Å². The summed E-state index contributed by atoms with van der Waals surface area (Å²) >= 11 is 0. The molecule has 1 rings (SSSR count). The summed E-state index contributed by atoms with van der Waals surface area (Å²) in [5, 5.41) is 9.86. The van der Waals surface area contributed by atoms with Crippen molar-refractivity contribution in [3.63, 3.8) is 0 Å². The van der Waals surface area contributed by atoms with Crippen molar-refractivity contribution >= 4 is 0 Å². The second-order valence-corrected chi connectivity index (χ2v) is 4.99. The van der Waals surface area contributed by atoms with E-state index < -0.39 is 0 Å². The Kier molecular flexibility index (Phi) is 6.32. The zero-order valence-electron chi connectivity index (χ0n) is 10.8. The highest BCUT2D eigenvalue weighted by Gasteiger charge is 2.30. The third kappa shape index (κ3) is 4.40. The molecule has 0 radical (unpaired) electrons. The number of aliphatic hydroxyl groups is 1. The van der Waals surface area contributed by atoms with Crippen LogP contribution in [0.1, 0.15) is 40.0 Å². The van der Waals surface area contributed by atoms with Gasteiger partial charge in [0.25, 0.3) is 0 Å². The van der Waals surface area contributed by atoms with Crippen molar-refractivity contribution in [3.8, 4) is 0 Å². The maximum Gasteiger partial charge on any atom is 0.0837 e. The summed E-state index contributed by atoms with van der Waals surface area (Å²) < 4.78 is 10.9. The summed E-state index contributed by atoms with van der Waals surface area (Å²) in [5.74, 6) is 1.38. The first-order chi connectivity index (χ1) is 7.65. The van der Waals surface area contributed by atoms with E-state index in [2.05, 4.69) is 13.8 Å². The normalized spacial score (nSPS) is 30.9. The predicted molar refractivity (Wildman–Crippen MR) is 64.4 cm³/mol. The molecule has 0 aromatic rings. The van der Waals surface area contributed by atoms with Crippen molar-refractivity contribution in [1.29, 1.82) is 0 Å². The second kappa shape index (κ2) is 7.25. The maximum atomic E-state index is 9.86. The Morgan fingerprint density at radius 3 is 2.62 bits per heavy atom. The molecule has 0 aliphatic heterocycles. The zero-order chi connectivity index (χ0) is 12.0. The molecule has 0 saturated heterocycles. The third-order valence-corrected chi connectivity index (χ3v) is 3.50. The van der Waals surface area contributed by atoms with E-state index in [0.717, 1.165) is 25.9 Å². The molecule has 0 spiro atoms. The highest BCUT2D eigenvalue weighted by atomic mass is 16.5. The topological polar surface area (TPSA) is 38.7 Å². The summed E-state index contributed by atoms with van der Waals surface area (Å²) in [6.07, 6.45) is 2.73. The van der Waals surface area contributed by atoms with Gasteiger partial charge >= 0.3 is 0 Å². The molecule has 3 heteroatoms. The van der Waals surface area contributed by atoms with Gasteiger partial charge in [-0.2, -0.15) is 0 Å². The van der Waals surface area contributed by atoms with Gasteiger partial charge in [0.2, 0.25) is 0 Å². The van der Waals surface area contributed by atoms with Gasteiger partial charge in [-0.25, -0.2) is 0 Å². The average molecular weight is 230 g/mol. The van der Waals surface area contributed by atoms with Crippen molar-refractivity contribution in [3.05, 3.63) is 0 Å². The minimum absolute atomic E-state index is 0.0154. The molecule has 0 heterocycles. The molecule has 96 valence electrons. The van der Waals surface area contributed by atoms with Gasteiger partial charge in [0, 0.05) is 6.61 Å². The van der Waals surface area contributed by atoms with Gasteiger partial charge in [-0.05, 0) is 38.0 Å². The van der Waals surface area contributed by atoms with E-state index in [0.29, 0.717) is 25.0 Å². The van der Waals surface area contributed by atoms with Gasteiger partial charge in [0.05, 0.1) is 25.4 Å². The van der Waals surface area contributed by atoms with E-state index in [1.165, 1.54) is 0 Å². The predicted octanol–water partition coefficient (Wildman–Crippen LogP) is 2.23. The van der Waals surface area contributed by atoms with Crippen molar-refractivity contribution in [1.82, 2.24) is 0 Å². The Bertz CT molecular complexity index is 182. The first kappa shape index (κ1) is 13.9. The molecule has 3 unspecified atom stereocenters. The Morgan fingerprint density at radius 1 is 1.25 bits per heavy atom. The smallest absolute Gasteiger partial charge is 0.0837 e. The fourth-order valence-electron chi connectivity index (χ4n) is 2.33. The fraction of sp³-hybridized carbons (Fsp3) is 1.00. The van der Waals surface area contributed by atoms with Gasteiger partial charge in [0.1, 0.15) is 0 Å². The van der Waals surface area contributed by atoms with E-state index in [-0.39, 0.29) is 12.2 Å². The van der Waals surface area contributed by atoms with Crippen LogP contribution < -0.4 is 0 Å². The van der Waals surface area contributed by atoms with E-state index >= 15 is 0 Å². The van der Waals surface area contributed by atoms with Crippen LogP contribution in [-0.2, 0) is 9.47 Å². The maximum absolute atomic E-state index is 9.86. The molecule has 1 fully saturated rings. The van der Waals surface area contributed by atoms with Gasteiger partial charge in [-0.15, -0.1) is 0 Å². The Balaban J connectivity index is 2.26. The summed E-state index contributed by atoms with van der Waals surface area (Å²) in [6.45, 7) is 8.43. The van der Waals surface area contributed by atoms with Gasteiger partial charge < -0.3 is 14.6 Å². The number of hydrogen-bond donors (Lipinski definition) is 1. The van der Waals surface area contributed by atoms with Crippen molar-refractivity contribution < 1.29 is 14.6 Å². The lowest BCUT2D eigenvalue weighted by atomic mass is 9.79. The minimum atomic E-state index is -0.281. The second-order valence-electron chi connectivity index (χ2n) is 4.99. The van der Waals surface area contributed by atoms with Crippen LogP contribution in [0.2, 0.25) is 0 Å². The molecule has 16 heavy (non-hydrogen) atoms. The molecule has 3 atom stereocenters. The lowest BCUT2D eigenvalue weighted by Crippen LogP contribution is -2.38. The van der Waals surface area contributed by atoms with Crippen LogP contribution in [0.3, 0.4) is 0 Å². The van der Waals surface area contributed by atoms with Crippen LogP contribution in [-0.4, -0.2) is 37.1 Å². The van der Waals surface area contributed by atoms with Crippen molar-refractivity contribution in [2.24, 2.45) is 11.8 Å². The number of ether oxygens (including phenoxy) is 2. The Morgan fingerprint density at radius 2 is 2.00 bits per heavy atom. The molecule has 0 amide bonds. The minimum Gasteiger partial charge on any atom is -0.390 e. The number of rotatable bonds is 6. The molecule has 3 nitrogen and oxygen atoms in total. The molecule has 1 aliphatic rings. The fourth-order valence-corrected chi connectivity index (χ4v) is 2.33. The Labute approximate surface area is 99.1 Å². The van der Waals surface area contributed by atoms with Crippen LogP contribution in [0.15, 0.2) is 0 Å². The van der Waals surface area contributed by atoms with Gasteiger partial charge in [-0.3, -0.25) is 0 Å². The SMILES string of the molecule is CCOCCOC1CC(C(C)C)CCC1O.